The summed E-state index contributed by atoms with van der Waals surface area (Å²) in [7, 11) is -0.321. The van der Waals surface area contributed by atoms with Gasteiger partial charge in [-0.05, 0) is 50.2 Å². The van der Waals surface area contributed by atoms with Crippen LogP contribution in [0.15, 0.2) is 52.4 Å². The summed E-state index contributed by atoms with van der Waals surface area (Å²) in [6, 6.07) is 12.8. The van der Waals surface area contributed by atoms with Gasteiger partial charge in [-0.3, -0.25) is 4.99 Å². The maximum absolute atomic E-state index is 11.8. The van der Waals surface area contributed by atoms with Crippen LogP contribution < -0.4 is 20.1 Å². The molecule has 0 amide bonds. The summed E-state index contributed by atoms with van der Waals surface area (Å²) in [6.07, 6.45) is 0. The minimum absolute atomic E-state index is 0. The number of sulfonamides is 1. The zero-order valence-corrected chi connectivity index (χ0v) is 20.3. The average Bonchev–Trinajstić information content (AvgIpc) is 2.70. The van der Waals surface area contributed by atoms with Crippen LogP contribution in [-0.2, 0) is 23.1 Å². The van der Waals surface area contributed by atoms with E-state index in [4.69, 9.17) is 4.74 Å². The molecule has 0 spiro atoms. The van der Waals surface area contributed by atoms with E-state index in [0.29, 0.717) is 25.7 Å². The van der Waals surface area contributed by atoms with Crippen molar-refractivity contribution >= 4 is 40.0 Å². The topological polar surface area (TPSA) is 91.8 Å². The minimum Gasteiger partial charge on any atom is -0.494 e. The quantitative estimate of drug-likeness (QED) is 0.277. The van der Waals surface area contributed by atoms with Gasteiger partial charge in [0.05, 0.1) is 11.5 Å². The molecule has 0 fully saturated rings. The number of hydrogen-bond acceptors (Lipinski definition) is 4. The summed E-state index contributed by atoms with van der Waals surface area (Å²) in [4.78, 5) is 4.47. The molecule has 2 rings (SSSR count). The number of hydrogen-bond donors (Lipinski definition) is 3. The molecule has 0 radical (unpaired) electrons. The van der Waals surface area contributed by atoms with Crippen LogP contribution >= 0.6 is 24.0 Å². The monoisotopic (exact) mass is 532 g/mol. The van der Waals surface area contributed by atoms with Crippen LogP contribution in [0, 0.1) is 6.92 Å². The number of nitrogens with zero attached hydrogens (tertiary/aromatic N) is 1. The largest absolute Gasteiger partial charge is 0.494 e. The highest BCUT2D eigenvalue weighted by Gasteiger charge is 2.10. The molecule has 29 heavy (non-hydrogen) atoms. The van der Waals surface area contributed by atoms with E-state index in [1.54, 1.807) is 31.3 Å². The van der Waals surface area contributed by atoms with Crippen molar-refractivity contribution in [2.24, 2.45) is 4.99 Å². The van der Waals surface area contributed by atoms with Gasteiger partial charge in [-0.2, -0.15) is 0 Å². The second-order valence-electron chi connectivity index (χ2n) is 6.18. The number of rotatable bonds is 8. The Labute approximate surface area is 190 Å². The number of halogens is 1. The third-order valence-corrected chi connectivity index (χ3v) is 5.58. The highest BCUT2D eigenvalue weighted by Crippen LogP contribution is 2.20. The van der Waals surface area contributed by atoms with Crippen LogP contribution in [0.5, 0.6) is 5.75 Å². The maximum Gasteiger partial charge on any atom is 0.240 e. The number of guanidine groups is 1. The van der Waals surface area contributed by atoms with Gasteiger partial charge in [0.15, 0.2) is 5.96 Å². The fourth-order valence-corrected chi connectivity index (χ4v) is 3.32. The van der Waals surface area contributed by atoms with Crippen molar-refractivity contribution < 1.29 is 13.2 Å². The summed E-state index contributed by atoms with van der Waals surface area (Å²) >= 11 is 0. The van der Waals surface area contributed by atoms with Gasteiger partial charge in [0.2, 0.25) is 10.0 Å². The zero-order valence-electron chi connectivity index (χ0n) is 17.2. The first-order valence-electron chi connectivity index (χ1n) is 9.09. The fraction of sp³-hybridized carbons (Fsp3) is 0.350. The molecule has 0 unspecified atom stereocenters. The molecule has 0 saturated carbocycles. The lowest BCUT2D eigenvalue weighted by Gasteiger charge is -2.15. The van der Waals surface area contributed by atoms with Crippen molar-refractivity contribution in [2.45, 2.75) is 31.8 Å². The van der Waals surface area contributed by atoms with E-state index in [1.807, 2.05) is 26.0 Å². The molecule has 0 saturated heterocycles. The molecule has 0 atom stereocenters. The number of aliphatic imine (C=N–C) groups is 1. The van der Waals surface area contributed by atoms with Gasteiger partial charge in [0.25, 0.3) is 0 Å². The second kappa shape index (κ2) is 12.0. The van der Waals surface area contributed by atoms with E-state index in [1.165, 1.54) is 7.05 Å². The molecule has 0 aliphatic rings. The normalized spacial score (nSPS) is 11.5. The lowest BCUT2D eigenvalue weighted by Crippen LogP contribution is -2.36. The molecule has 3 N–H and O–H groups in total. The molecular weight excluding hydrogens is 503 g/mol. The summed E-state index contributed by atoms with van der Waals surface area (Å²) in [5.74, 6) is 1.52. The summed E-state index contributed by atoms with van der Waals surface area (Å²) in [5, 5.41) is 6.50. The number of aryl methyl sites for hydroxylation is 1. The third kappa shape index (κ3) is 7.48. The van der Waals surface area contributed by atoms with Crippen molar-refractivity contribution in [3.63, 3.8) is 0 Å². The Morgan fingerprint density at radius 1 is 1.07 bits per heavy atom. The highest BCUT2D eigenvalue weighted by molar-refractivity contribution is 14.0. The van der Waals surface area contributed by atoms with Gasteiger partial charge in [-0.25, -0.2) is 13.1 Å². The van der Waals surface area contributed by atoms with Gasteiger partial charge in [-0.15, -0.1) is 24.0 Å². The Morgan fingerprint density at radius 3 is 2.31 bits per heavy atom. The van der Waals surface area contributed by atoms with Crippen molar-refractivity contribution in [1.82, 2.24) is 15.4 Å². The maximum atomic E-state index is 11.8. The van der Waals surface area contributed by atoms with Gasteiger partial charge < -0.3 is 15.4 Å². The van der Waals surface area contributed by atoms with Crippen LogP contribution in [-0.4, -0.2) is 35.1 Å². The van der Waals surface area contributed by atoms with Crippen LogP contribution in [0.3, 0.4) is 0 Å². The Bertz CT molecular complexity index is 916. The Morgan fingerprint density at radius 2 is 1.72 bits per heavy atom. The SMILES string of the molecule is CCOc1cc(C)ccc1CNC(=NC)NCc1ccc(S(=O)(=O)NC)cc1.I. The molecule has 9 heteroatoms. The zero-order chi connectivity index (χ0) is 20.6. The Balaban J connectivity index is 0.00000420. The summed E-state index contributed by atoms with van der Waals surface area (Å²) in [5.41, 5.74) is 3.15. The molecule has 0 bridgehead atoms. The molecular formula is C20H29IN4O3S. The molecule has 0 aromatic heterocycles. The van der Waals surface area contributed by atoms with E-state index in [0.717, 1.165) is 22.4 Å². The van der Waals surface area contributed by atoms with E-state index >= 15 is 0 Å². The van der Waals surface area contributed by atoms with Crippen molar-refractivity contribution in [3.05, 3.63) is 59.2 Å². The lowest BCUT2D eigenvalue weighted by molar-refractivity contribution is 0.336. The Hall–Kier alpha value is -1.85. The molecule has 0 heterocycles. The van der Waals surface area contributed by atoms with Crippen LogP contribution in [0.25, 0.3) is 0 Å². The van der Waals surface area contributed by atoms with Crippen LogP contribution in [0.1, 0.15) is 23.6 Å². The van der Waals surface area contributed by atoms with Crippen molar-refractivity contribution in [3.8, 4) is 5.75 Å². The van der Waals surface area contributed by atoms with E-state index in [9.17, 15) is 8.42 Å². The average molecular weight is 532 g/mol. The van der Waals surface area contributed by atoms with Crippen LogP contribution in [0.2, 0.25) is 0 Å². The van der Waals surface area contributed by atoms with Crippen molar-refractivity contribution in [1.29, 1.82) is 0 Å². The number of benzene rings is 2. The van der Waals surface area contributed by atoms with Gasteiger partial charge in [-0.1, -0.05) is 24.3 Å². The molecule has 2 aromatic carbocycles. The lowest BCUT2D eigenvalue weighted by atomic mass is 10.1. The smallest absolute Gasteiger partial charge is 0.240 e. The van der Waals surface area contributed by atoms with Gasteiger partial charge >= 0.3 is 0 Å². The molecule has 160 valence electrons. The molecule has 0 aliphatic heterocycles. The molecule has 0 aliphatic carbocycles. The summed E-state index contributed by atoms with van der Waals surface area (Å²) < 4.78 is 31.6. The predicted molar refractivity (Wildman–Crippen MR) is 127 cm³/mol. The van der Waals surface area contributed by atoms with E-state index in [2.05, 4.69) is 26.4 Å². The fourth-order valence-electron chi connectivity index (χ4n) is 2.59. The first kappa shape index (κ1) is 25.2. The first-order chi connectivity index (χ1) is 13.4. The van der Waals surface area contributed by atoms with Crippen LogP contribution in [0.4, 0.5) is 0 Å². The molecule has 2 aromatic rings. The summed E-state index contributed by atoms with van der Waals surface area (Å²) in [6.45, 7) is 5.71. The first-order valence-corrected chi connectivity index (χ1v) is 10.6. The molecule has 7 nitrogen and oxygen atoms in total. The van der Waals surface area contributed by atoms with E-state index < -0.39 is 10.0 Å². The second-order valence-corrected chi connectivity index (χ2v) is 8.06. The Kier molecular flexibility index (Phi) is 10.4. The number of nitrogens with one attached hydrogen (secondary N) is 3. The third-order valence-electron chi connectivity index (χ3n) is 4.15. The van der Waals surface area contributed by atoms with E-state index in [-0.39, 0.29) is 28.9 Å². The van der Waals surface area contributed by atoms with Gasteiger partial charge in [0, 0.05) is 25.7 Å². The highest BCUT2D eigenvalue weighted by atomic mass is 127. The van der Waals surface area contributed by atoms with Crippen molar-refractivity contribution in [2.75, 3.05) is 20.7 Å². The van der Waals surface area contributed by atoms with Gasteiger partial charge in [0.1, 0.15) is 5.75 Å². The number of ether oxygens (including phenoxy) is 1. The minimum atomic E-state index is -3.42. The standard InChI is InChI=1S/C20H28N4O3S.HI/c1-5-27-19-12-15(2)6-9-17(19)14-24-20(21-3)23-13-16-7-10-18(11-8-16)28(25,26)22-4;/h6-12,22H,5,13-14H2,1-4H3,(H2,21,23,24);1H. The predicted octanol–water partition coefficient (Wildman–Crippen LogP) is 2.79.